The van der Waals surface area contributed by atoms with E-state index in [1.54, 1.807) is 12.1 Å². The number of ether oxygens (including phenoxy) is 1. The predicted molar refractivity (Wildman–Crippen MR) is 68.0 cm³/mol. The van der Waals surface area contributed by atoms with Gasteiger partial charge >= 0.3 is 11.9 Å². The number of carbonyl (C=O) groups excluding carboxylic acids is 1. The van der Waals surface area contributed by atoms with Crippen molar-refractivity contribution in [1.29, 1.82) is 0 Å². The fourth-order valence-electron chi connectivity index (χ4n) is 1.86. The Balaban J connectivity index is 3.10. The molecule has 0 fully saturated rings. The van der Waals surface area contributed by atoms with Crippen molar-refractivity contribution in [3.63, 3.8) is 0 Å². The van der Waals surface area contributed by atoms with E-state index in [1.165, 1.54) is 6.92 Å². The number of hydrogen-bond donors (Lipinski definition) is 1. The molecule has 1 N–H and O–H groups in total. The third-order valence-electron chi connectivity index (χ3n) is 2.78. The Morgan fingerprint density at radius 1 is 1.39 bits per heavy atom. The zero-order valence-electron chi connectivity index (χ0n) is 10.9. The molecule has 1 aromatic carbocycles. The molecular formula is C14H18O4. The monoisotopic (exact) mass is 250 g/mol. The molecule has 98 valence electrons. The lowest BCUT2D eigenvalue weighted by molar-refractivity contribution is -0.131. The Bertz CT molecular complexity index is 451. The topological polar surface area (TPSA) is 63.6 Å². The van der Waals surface area contributed by atoms with Crippen molar-refractivity contribution in [2.24, 2.45) is 0 Å². The molecule has 0 amide bonds. The maximum atomic E-state index is 11.1. The standard InChI is InChI=1S/C14H18O4/c1-4-5-9(2)11-6-7-13(18-10(3)15)12(8-11)14(16)17/h6-9H,4-5H2,1-3H3,(H,16,17). The van der Waals surface area contributed by atoms with Crippen LogP contribution in [0.15, 0.2) is 18.2 Å². The van der Waals surface area contributed by atoms with Crippen LogP contribution in [-0.4, -0.2) is 17.0 Å². The van der Waals surface area contributed by atoms with Crippen LogP contribution in [0.1, 0.15) is 55.5 Å². The maximum Gasteiger partial charge on any atom is 0.339 e. The van der Waals surface area contributed by atoms with E-state index in [2.05, 4.69) is 13.8 Å². The first-order chi connectivity index (χ1) is 8.45. The Kier molecular flexibility index (Phi) is 4.89. The normalized spacial score (nSPS) is 11.9. The third kappa shape index (κ3) is 3.58. The minimum atomic E-state index is -1.09. The first kappa shape index (κ1) is 14.2. The molecule has 1 atom stereocenters. The van der Waals surface area contributed by atoms with E-state index in [1.807, 2.05) is 6.07 Å². The molecule has 4 nitrogen and oxygen atoms in total. The number of benzene rings is 1. The van der Waals surface area contributed by atoms with Gasteiger partial charge in [-0.25, -0.2) is 4.79 Å². The second-order valence-electron chi connectivity index (χ2n) is 4.34. The van der Waals surface area contributed by atoms with Gasteiger partial charge in [0, 0.05) is 6.92 Å². The Labute approximate surface area is 107 Å². The van der Waals surface area contributed by atoms with Gasteiger partial charge in [-0.3, -0.25) is 4.79 Å². The molecule has 0 aliphatic carbocycles. The summed E-state index contributed by atoms with van der Waals surface area (Å²) in [6.45, 7) is 5.39. The van der Waals surface area contributed by atoms with Gasteiger partial charge in [0.2, 0.25) is 0 Å². The van der Waals surface area contributed by atoms with Crippen molar-refractivity contribution in [2.45, 2.75) is 39.5 Å². The highest BCUT2D eigenvalue weighted by molar-refractivity contribution is 5.92. The molecule has 1 unspecified atom stereocenters. The second kappa shape index (κ2) is 6.19. The summed E-state index contributed by atoms with van der Waals surface area (Å²) in [4.78, 5) is 22.0. The molecule has 0 bridgehead atoms. The number of carboxylic acids is 1. The van der Waals surface area contributed by atoms with Gasteiger partial charge in [-0.15, -0.1) is 0 Å². The van der Waals surface area contributed by atoms with Gasteiger partial charge in [0.05, 0.1) is 0 Å². The van der Waals surface area contributed by atoms with Crippen LogP contribution in [0.5, 0.6) is 5.75 Å². The van der Waals surface area contributed by atoms with E-state index < -0.39 is 11.9 Å². The molecule has 1 aromatic rings. The van der Waals surface area contributed by atoms with Gasteiger partial charge < -0.3 is 9.84 Å². The molecule has 0 heterocycles. The average Bonchev–Trinajstić information content (AvgIpc) is 2.28. The van der Waals surface area contributed by atoms with Gasteiger partial charge in [-0.2, -0.15) is 0 Å². The molecule has 1 rings (SSSR count). The van der Waals surface area contributed by atoms with Crippen molar-refractivity contribution in [2.75, 3.05) is 0 Å². The molecule has 18 heavy (non-hydrogen) atoms. The van der Waals surface area contributed by atoms with Gasteiger partial charge in [-0.1, -0.05) is 26.3 Å². The van der Waals surface area contributed by atoms with E-state index >= 15 is 0 Å². The number of esters is 1. The summed E-state index contributed by atoms with van der Waals surface area (Å²) in [6, 6.07) is 4.94. The lowest BCUT2D eigenvalue weighted by Gasteiger charge is -2.13. The Morgan fingerprint density at radius 3 is 2.56 bits per heavy atom. The van der Waals surface area contributed by atoms with Crippen molar-refractivity contribution in [1.82, 2.24) is 0 Å². The minimum absolute atomic E-state index is 0.0330. The maximum absolute atomic E-state index is 11.1. The molecule has 0 aromatic heterocycles. The highest BCUT2D eigenvalue weighted by Gasteiger charge is 2.15. The van der Waals surface area contributed by atoms with Gasteiger partial charge in [0.15, 0.2) is 0 Å². The summed E-state index contributed by atoms with van der Waals surface area (Å²) >= 11 is 0. The molecule has 0 aliphatic rings. The Morgan fingerprint density at radius 2 is 2.06 bits per heavy atom. The van der Waals surface area contributed by atoms with Gasteiger partial charge in [0.25, 0.3) is 0 Å². The van der Waals surface area contributed by atoms with Crippen molar-refractivity contribution in [3.8, 4) is 5.75 Å². The number of rotatable bonds is 5. The van der Waals surface area contributed by atoms with Crippen molar-refractivity contribution >= 4 is 11.9 Å². The summed E-state index contributed by atoms with van der Waals surface area (Å²) < 4.78 is 4.88. The molecule has 0 aliphatic heterocycles. The number of carboxylic acid groups (broad SMARTS) is 1. The Hall–Kier alpha value is -1.84. The number of hydrogen-bond acceptors (Lipinski definition) is 3. The van der Waals surface area contributed by atoms with Crippen LogP contribution in [0.2, 0.25) is 0 Å². The second-order valence-corrected chi connectivity index (χ2v) is 4.34. The highest BCUT2D eigenvalue weighted by atomic mass is 16.5. The SMILES string of the molecule is CCCC(C)c1ccc(OC(C)=O)c(C(=O)O)c1. The molecule has 0 spiro atoms. The largest absolute Gasteiger partial charge is 0.478 e. The molecule has 0 radical (unpaired) electrons. The van der Waals surface area contributed by atoms with E-state index in [9.17, 15) is 9.59 Å². The molecular weight excluding hydrogens is 232 g/mol. The highest BCUT2D eigenvalue weighted by Crippen LogP contribution is 2.27. The van der Waals surface area contributed by atoms with E-state index in [0.717, 1.165) is 18.4 Å². The number of aromatic carboxylic acids is 1. The zero-order chi connectivity index (χ0) is 13.7. The summed E-state index contributed by atoms with van der Waals surface area (Å²) in [7, 11) is 0. The fourth-order valence-corrected chi connectivity index (χ4v) is 1.86. The lowest BCUT2D eigenvalue weighted by atomic mass is 9.95. The van der Waals surface area contributed by atoms with E-state index in [4.69, 9.17) is 9.84 Å². The van der Waals surface area contributed by atoms with Crippen LogP contribution in [-0.2, 0) is 4.79 Å². The predicted octanol–water partition coefficient (Wildman–Crippen LogP) is 3.21. The number of carbonyl (C=O) groups is 2. The summed E-state index contributed by atoms with van der Waals surface area (Å²) in [5.41, 5.74) is 0.982. The van der Waals surface area contributed by atoms with Crippen LogP contribution in [0, 0.1) is 0 Å². The molecule has 4 heteroatoms. The van der Waals surface area contributed by atoms with Crippen molar-refractivity contribution in [3.05, 3.63) is 29.3 Å². The zero-order valence-corrected chi connectivity index (χ0v) is 10.9. The quantitative estimate of drug-likeness (QED) is 0.643. The summed E-state index contributed by atoms with van der Waals surface area (Å²) in [5, 5.41) is 9.12. The van der Waals surface area contributed by atoms with Crippen LogP contribution >= 0.6 is 0 Å². The van der Waals surface area contributed by atoms with Crippen LogP contribution < -0.4 is 4.74 Å². The fraction of sp³-hybridized carbons (Fsp3) is 0.429. The first-order valence-corrected chi connectivity index (χ1v) is 6.01. The van der Waals surface area contributed by atoms with E-state index in [-0.39, 0.29) is 11.3 Å². The summed E-state index contributed by atoms with van der Waals surface area (Å²) in [5.74, 6) is -1.22. The van der Waals surface area contributed by atoms with Crippen LogP contribution in [0.4, 0.5) is 0 Å². The van der Waals surface area contributed by atoms with Crippen LogP contribution in [0.3, 0.4) is 0 Å². The third-order valence-corrected chi connectivity index (χ3v) is 2.78. The molecule has 0 saturated heterocycles. The minimum Gasteiger partial charge on any atom is -0.478 e. The lowest BCUT2D eigenvalue weighted by Crippen LogP contribution is -2.08. The van der Waals surface area contributed by atoms with Crippen LogP contribution in [0.25, 0.3) is 0 Å². The van der Waals surface area contributed by atoms with Crippen molar-refractivity contribution < 1.29 is 19.4 Å². The molecule has 0 saturated carbocycles. The van der Waals surface area contributed by atoms with Gasteiger partial charge in [-0.05, 0) is 30.0 Å². The smallest absolute Gasteiger partial charge is 0.339 e. The first-order valence-electron chi connectivity index (χ1n) is 6.01. The van der Waals surface area contributed by atoms with Gasteiger partial charge in [0.1, 0.15) is 11.3 Å². The summed E-state index contributed by atoms with van der Waals surface area (Å²) in [6.07, 6.45) is 2.03. The van der Waals surface area contributed by atoms with E-state index in [0.29, 0.717) is 5.92 Å². The average molecular weight is 250 g/mol.